The van der Waals surface area contributed by atoms with E-state index in [0.29, 0.717) is 4.86 Å². The van der Waals surface area contributed by atoms with Crippen molar-refractivity contribution in [1.82, 2.24) is 0 Å². The van der Waals surface area contributed by atoms with Crippen molar-refractivity contribution in [2.45, 2.75) is 5.92 Å². The highest BCUT2D eigenvalue weighted by Crippen LogP contribution is 2.21. The van der Waals surface area contributed by atoms with E-state index in [4.69, 9.17) is 0 Å². The van der Waals surface area contributed by atoms with Gasteiger partial charge in [-0.2, -0.15) is 21.9 Å². The maximum Gasteiger partial charge on any atom is 0.218 e. The SMILES string of the molecule is O=S(=O)=C1C=CC=CC1c1ccccc1.S. The van der Waals surface area contributed by atoms with Gasteiger partial charge in [-0.15, -0.1) is 0 Å². The molecule has 1 aliphatic carbocycles. The Morgan fingerprint density at radius 3 is 2.31 bits per heavy atom. The Labute approximate surface area is 103 Å². The van der Waals surface area contributed by atoms with E-state index in [1.165, 1.54) is 0 Å². The molecule has 16 heavy (non-hydrogen) atoms. The molecule has 2 nitrogen and oxygen atoms in total. The van der Waals surface area contributed by atoms with Crippen LogP contribution in [0.2, 0.25) is 0 Å². The highest BCUT2D eigenvalue weighted by Gasteiger charge is 2.15. The highest BCUT2D eigenvalue weighted by molar-refractivity contribution is 7.73. The van der Waals surface area contributed by atoms with Crippen LogP contribution in [0.25, 0.3) is 0 Å². The molecule has 0 aliphatic heterocycles. The van der Waals surface area contributed by atoms with Crippen molar-refractivity contribution in [3.8, 4) is 0 Å². The summed E-state index contributed by atoms with van der Waals surface area (Å²) in [5.74, 6) is -0.144. The summed E-state index contributed by atoms with van der Waals surface area (Å²) in [4.78, 5) is 0.420. The molecule has 84 valence electrons. The molecule has 1 aromatic carbocycles. The van der Waals surface area contributed by atoms with Crippen molar-refractivity contribution in [3.05, 3.63) is 60.2 Å². The second-order valence-electron chi connectivity index (χ2n) is 3.27. The fourth-order valence-corrected chi connectivity index (χ4v) is 2.23. The lowest BCUT2D eigenvalue weighted by atomic mass is 9.92. The average molecular weight is 252 g/mol. The molecular formula is C12H12O2S2. The summed E-state index contributed by atoms with van der Waals surface area (Å²) < 4.78 is 22.0. The fraction of sp³-hybridized carbons (Fsp3) is 0.0833. The standard InChI is InChI=1S/C12H10O2S.H2S/c13-15(14)12-9-5-4-8-11(12)10-6-2-1-3-7-10;/h1-9,11H;1H2. The minimum absolute atomic E-state index is 0. The van der Waals surface area contributed by atoms with E-state index in [1.807, 2.05) is 42.5 Å². The summed E-state index contributed by atoms with van der Waals surface area (Å²) in [5.41, 5.74) is 0.998. The Kier molecular flexibility index (Phi) is 4.58. The molecule has 1 aromatic rings. The monoisotopic (exact) mass is 252 g/mol. The zero-order valence-corrected chi connectivity index (χ0v) is 10.3. The van der Waals surface area contributed by atoms with Crippen LogP contribution in [0.15, 0.2) is 54.6 Å². The molecule has 1 atom stereocenters. The zero-order valence-electron chi connectivity index (χ0n) is 8.50. The summed E-state index contributed by atoms with van der Waals surface area (Å²) >= 11 is 0. The van der Waals surface area contributed by atoms with Gasteiger partial charge in [0.25, 0.3) is 0 Å². The van der Waals surface area contributed by atoms with E-state index in [0.717, 1.165) is 5.56 Å². The van der Waals surface area contributed by atoms with Crippen LogP contribution in [-0.2, 0) is 10.3 Å². The Morgan fingerprint density at radius 1 is 1.00 bits per heavy atom. The van der Waals surface area contributed by atoms with Crippen molar-refractivity contribution in [2.75, 3.05) is 0 Å². The molecule has 1 unspecified atom stereocenters. The lowest BCUT2D eigenvalue weighted by molar-refractivity contribution is 0.626. The van der Waals surface area contributed by atoms with Crippen LogP contribution >= 0.6 is 13.5 Å². The lowest BCUT2D eigenvalue weighted by Gasteiger charge is -2.13. The van der Waals surface area contributed by atoms with Gasteiger partial charge in [0.05, 0.1) is 4.86 Å². The van der Waals surface area contributed by atoms with E-state index in [2.05, 4.69) is 0 Å². The molecule has 0 saturated heterocycles. The molecule has 1 aliphatic rings. The van der Waals surface area contributed by atoms with Crippen LogP contribution in [0.5, 0.6) is 0 Å². The molecule has 0 aromatic heterocycles. The van der Waals surface area contributed by atoms with Crippen molar-refractivity contribution in [1.29, 1.82) is 0 Å². The van der Waals surface area contributed by atoms with Crippen molar-refractivity contribution < 1.29 is 8.42 Å². The van der Waals surface area contributed by atoms with Crippen LogP contribution < -0.4 is 0 Å². The van der Waals surface area contributed by atoms with E-state index in [9.17, 15) is 8.42 Å². The van der Waals surface area contributed by atoms with Crippen LogP contribution in [0.4, 0.5) is 0 Å². The lowest BCUT2D eigenvalue weighted by Crippen LogP contribution is -2.10. The molecule has 0 amide bonds. The third kappa shape index (κ3) is 2.65. The van der Waals surface area contributed by atoms with Crippen LogP contribution in [-0.4, -0.2) is 13.3 Å². The van der Waals surface area contributed by atoms with Gasteiger partial charge < -0.3 is 0 Å². The summed E-state index contributed by atoms with van der Waals surface area (Å²) in [6.45, 7) is 0. The second kappa shape index (κ2) is 5.72. The van der Waals surface area contributed by atoms with Gasteiger partial charge in [0, 0.05) is 5.92 Å². The van der Waals surface area contributed by atoms with Crippen molar-refractivity contribution in [3.63, 3.8) is 0 Å². The van der Waals surface area contributed by atoms with Gasteiger partial charge in [-0.3, -0.25) is 0 Å². The zero-order chi connectivity index (χ0) is 10.7. The number of allylic oxidation sites excluding steroid dienone is 4. The van der Waals surface area contributed by atoms with Gasteiger partial charge in [-0.1, -0.05) is 48.6 Å². The quantitative estimate of drug-likeness (QED) is 0.717. The van der Waals surface area contributed by atoms with Crippen LogP contribution in [0.3, 0.4) is 0 Å². The Hall–Kier alpha value is -1.26. The van der Waals surface area contributed by atoms with Gasteiger partial charge in [0.2, 0.25) is 10.3 Å². The van der Waals surface area contributed by atoms with E-state index >= 15 is 0 Å². The molecule has 0 N–H and O–H groups in total. The molecule has 0 saturated carbocycles. The van der Waals surface area contributed by atoms with E-state index in [1.54, 1.807) is 12.2 Å². The Bertz CT molecular complexity index is 532. The summed E-state index contributed by atoms with van der Waals surface area (Å²) in [6.07, 6.45) is 7.14. The van der Waals surface area contributed by atoms with Crippen LogP contribution in [0, 0.1) is 0 Å². The average Bonchev–Trinajstić information content (AvgIpc) is 2.30. The molecular weight excluding hydrogens is 240 g/mol. The number of hydrogen-bond acceptors (Lipinski definition) is 2. The van der Waals surface area contributed by atoms with Gasteiger partial charge in [-0.05, 0) is 11.6 Å². The van der Waals surface area contributed by atoms with E-state index < -0.39 is 10.3 Å². The predicted molar refractivity (Wildman–Crippen MR) is 71.8 cm³/mol. The predicted octanol–water partition coefficient (Wildman–Crippen LogP) is 2.06. The van der Waals surface area contributed by atoms with E-state index in [-0.39, 0.29) is 19.4 Å². The molecule has 0 heterocycles. The largest absolute Gasteiger partial charge is 0.218 e. The molecule has 0 spiro atoms. The molecule has 0 radical (unpaired) electrons. The Morgan fingerprint density at radius 2 is 1.69 bits per heavy atom. The number of benzene rings is 1. The smallest absolute Gasteiger partial charge is 0.197 e. The van der Waals surface area contributed by atoms with Crippen molar-refractivity contribution >= 4 is 28.7 Å². The normalized spacial score (nSPS) is 18.0. The minimum atomic E-state index is -2.15. The highest BCUT2D eigenvalue weighted by atomic mass is 32.2. The van der Waals surface area contributed by atoms with Gasteiger partial charge in [0.1, 0.15) is 0 Å². The van der Waals surface area contributed by atoms with Gasteiger partial charge in [-0.25, -0.2) is 0 Å². The maximum absolute atomic E-state index is 11.0. The third-order valence-electron chi connectivity index (χ3n) is 2.33. The number of rotatable bonds is 1. The first kappa shape index (κ1) is 12.8. The summed E-state index contributed by atoms with van der Waals surface area (Å²) in [7, 11) is -2.15. The Balaban J connectivity index is 0.00000128. The van der Waals surface area contributed by atoms with Crippen molar-refractivity contribution in [2.24, 2.45) is 0 Å². The van der Waals surface area contributed by atoms with Gasteiger partial charge >= 0.3 is 0 Å². The topological polar surface area (TPSA) is 34.1 Å². The first-order valence-corrected chi connectivity index (χ1v) is 5.72. The van der Waals surface area contributed by atoms with Gasteiger partial charge in [0.15, 0.2) is 0 Å². The summed E-state index contributed by atoms with van der Waals surface area (Å²) in [6, 6.07) is 9.60. The minimum Gasteiger partial charge on any atom is -0.197 e. The maximum atomic E-state index is 11.0. The molecule has 0 fully saturated rings. The third-order valence-corrected chi connectivity index (χ3v) is 3.11. The first-order valence-electron chi connectivity index (χ1n) is 4.65. The van der Waals surface area contributed by atoms with Crippen LogP contribution in [0.1, 0.15) is 11.5 Å². The fourth-order valence-electron chi connectivity index (χ4n) is 1.62. The second-order valence-corrected chi connectivity index (χ2v) is 4.21. The number of hydrogen-bond donors (Lipinski definition) is 0. The molecule has 2 rings (SSSR count). The molecule has 4 heteroatoms. The molecule has 0 bridgehead atoms. The first-order chi connectivity index (χ1) is 7.29. The summed E-state index contributed by atoms with van der Waals surface area (Å²) in [5, 5.41) is 0.